The van der Waals surface area contributed by atoms with Crippen LogP contribution < -0.4 is 5.32 Å². The second kappa shape index (κ2) is 6.79. The van der Waals surface area contributed by atoms with Gasteiger partial charge >= 0.3 is 6.18 Å². The Morgan fingerprint density at radius 1 is 1.24 bits per heavy atom. The van der Waals surface area contributed by atoms with Gasteiger partial charge in [0.05, 0.1) is 12.1 Å². The van der Waals surface area contributed by atoms with E-state index in [1.807, 2.05) is 19.2 Å². The van der Waals surface area contributed by atoms with Crippen LogP contribution in [0, 0.1) is 0 Å². The van der Waals surface area contributed by atoms with Crippen molar-refractivity contribution in [1.82, 2.24) is 5.32 Å². The van der Waals surface area contributed by atoms with Gasteiger partial charge in [-0.3, -0.25) is 0 Å². The number of ether oxygens (including phenoxy) is 1. The number of fused-ring (bicyclic) bond motifs is 1. The molecule has 0 saturated heterocycles. The third-order valence-corrected chi connectivity index (χ3v) is 4.07. The van der Waals surface area contributed by atoms with E-state index < -0.39 is 12.6 Å². The van der Waals surface area contributed by atoms with Gasteiger partial charge in [-0.1, -0.05) is 31.2 Å². The van der Waals surface area contributed by atoms with Gasteiger partial charge in [0.15, 0.2) is 0 Å². The maximum atomic E-state index is 12.2. The predicted molar refractivity (Wildman–Crippen MR) is 76.3 cm³/mol. The highest BCUT2D eigenvalue weighted by Gasteiger charge is 2.33. The standard InChI is InChI=1S/C16H22F3NO/c1-11-10-14(21-9-5-8-16(17,18)19)15(20-2)13-7-4-3-6-12(11)13/h3-4,6-7,11,14-15,20H,5,8-10H2,1-2H3. The zero-order chi connectivity index (χ0) is 15.5. The van der Waals surface area contributed by atoms with Crippen LogP contribution in [0.1, 0.15) is 49.3 Å². The molecule has 0 bridgehead atoms. The number of rotatable bonds is 5. The fourth-order valence-electron chi connectivity index (χ4n) is 3.07. The van der Waals surface area contributed by atoms with Crippen LogP contribution in [0.5, 0.6) is 0 Å². The molecule has 0 heterocycles. The van der Waals surface area contributed by atoms with Crippen LogP contribution >= 0.6 is 0 Å². The van der Waals surface area contributed by atoms with E-state index in [2.05, 4.69) is 24.4 Å². The summed E-state index contributed by atoms with van der Waals surface area (Å²) in [4.78, 5) is 0. The molecule has 2 rings (SSSR count). The Hall–Kier alpha value is -1.07. The lowest BCUT2D eigenvalue weighted by Gasteiger charge is -2.36. The van der Waals surface area contributed by atoms with Crippen LogP contribution in [0.3, 0.4) is 0 Å². The molecule has 0 aromatic heterocycles. The van der Waals surface area contributed by atoms with E-state index in [-0.39, 0.29) is 25.2 Å². The number of halogens is 3. The summed E-state index contributed by atoms with van der Waals surface area (Å²) in [7, 11) is 1.86. The van der Waals surface area contributed by atoms with Crippen LogP contribution in [0.25, 0.3) is 0 Å². The Labute approximate surface area is 123 Å². The Balaban J connectivity index is 1.98. The van der Waals surface area contributed by atoms with E-state index in [1.165, 1.54) is 11.1 Å². The van der Waals surface area contributed by atoms with Crippen LogP contribution in [0.2, 0.25) is 0 Å². The summed E-state index contributed by atoms with van der Waals surface area (Å²) >= 11 is 0. The highest BCUT2D eigenvalue weighted by molar-refractivity contribution is 5.36. The maximum Gasteiger partial charge on any atom is 0.389 e. The van der Waals surface area contributed by atoms with Crippen molar-refractivity contribution in [3.05, 3.63) is 35.4 Å². The van der Waals surface area contributed by atoms with E-state index in [9.17, 15) is 13.2 Å². The summed E-state index contributed by atoms with van der Waals surface area (Å²) < 4.78 is 42.2. The van der Waals surface area contributed by atoms with E-state index >= 15 is 0 Å². The normalized spacial score (nSPS) is 25.7. The lowest BCUT2D eigenvalue weighted by Crippen LogP contribution is -2.37. The highest BCUT2D eigenvalue weighted by Crippen LogP contribution is 2.38. The molecule has 1 aliphatic carbocycles. The molecule has 0 radical (unpaired) electrons. The Kier molecular flexibility index (Phi) is 5.27. The van der Waals surface area contributed by atoms with Gasteiger partial charge in [0.2, 0.25) is 0 Å². The third kappa shape index (κ3) is 4.20. The predicted octanol–water partition coefficient (Wildman–Crippen LogP) is 4.18. The first-order valence-electron chi connectivity index (χ1n) is 7.37. The SMILES string of the molecule is CNC1c2ccccc2C(C)CC1OCCCC(F)(F)F. The van der Waals surface area contributed by atoms with Crippen molar-refractivity contribution in [3.63, 3.8) is 0 Å². The molecule has 0 spiro atoms. The molecule has 0 saturated carbocycles. The Morgan fingerprint density at radius 2 is 1.90 bits per heavy atom. The molecule has 118 valence electrons. The fourth-order valence-corrected chi connectivity index (χ4v) is 3.07. The molecule has 1 N–H and O–H groups in total. The first-order chi connectivity index (χ1) is 9.92. The third-order valence-electron chi connectivity index (χ3n) is 4.07. The number of likely N-dealkylation sites (N-methyl/N-ethyl adjacent to an activating group) is 1. The molecular weight excluding hydrogens is 279 g/mol. The van der Waals surface area contributed by atoms with Crippen LogP contribution in [0.15, 0.2) is 24.3 Å². The largest absolute Gasteiger partial charge is 0.389 e. The van der Waals surface area contributed by atoms with Crippen molar-refractivity contribution in [3.8, 4) is 0 Å². The molecule has 1 aliphatic rings. The number of hydrogen-bond acceptors (Lipinski definition) is 2. The van der Waals surface area contributed by atoms with Crippen molar-refractivity contribution in [2.75, 3.05) is 13.7 Å². The minimum Gasteiger partial charge on any atom is -0.376 e. The van der Waals surface area contributed by atoms with Crippen LogP contribution in [0.4, 0.5) is 13.2 Å². The smallest absolute Gasteiger partial charge is 0.376 e. The molecule has 3 unspecified atom stereocenters. The number of nitrogens with one attached hydrogen (secondary N) is 1. The zero-order valence-corrected chi connectivity index (χ0v) is 12.4. The van der Waals surface area contributed by atoms with Crippen molar-refractivity contribution < 1.29 is 17.9 Å². The quantitative estimate of drug-likeness (QED) is 0.824. The lowest BCUT2D eigenvalue weighted by atomic mass is 9.79. The van der Waals surface area contributed by atoms with Gasteiger partial charge in [-0.15, -0.1) is 0 Å². The monoisotopic (exact) mass is 301 g/mol. The van der Waals surface area contributed by atoms with Gasteiger partial charge in [-0.25, -0.2) is 0 Å². The van der Waals surface area contributed by atoms with Gasteiger partial charge in [0, 0.05) is 13.0 Å². The second-order valence-electron chi connectivity index (χ2n) is 5.66. The summed E-state index contributed by atoms with van der Waals surface area (Å²) in [5.41, 5.74) is 2.49. The van der Waals surface area contributed by atoms with E-state index in [4.69, 9.17) is 4.74 Å². The van der Waals surface area contributed by atoms with E-state index in [0.29, 0.717) is 5.92 Å². The summed E-state index contributed by atoms with van der Waals surface area (Å²) in [5, 5.41) is 3.24. The molecule has 1 aromatic rings. The number of benzene rings is 1. The Bertz CT molecular complexity index is 461. The Morgan fingerprint density at radius 3 is 2.52 bits per heavy atom. The molecule has 21 heavy (non-hydrogen) atoms. The maximum absolute atomic E-state index is 12.2. The van der Waals surface area contributed by atoms with Gasteiger partial charge in [-0.05, 0) is 36.9 Å². The lowest BCUT2D eigenvalue weighted by molar-refractivity contribution is -0.139. The van der Waals surface area contributed by atoms with Gasteiger partial charge in [0.1, 0.15) is 0 Å². The molecule has 0 fully saturated rings. The summed E-state index contributed by atoms with van der Waals surface area (Å²) in [6.07, 6.45) is -4.11. The topological polar surface area (TPSA) is 21.3 Å². The fraction of sp³-hybridized carbons (Fsp3) is 0.625. The molecule has 2 nitrogen and oxygen atoms in total. The summed E-state index contributed by atoms with van der Waals surface area (Å²) in [6.45, 7) is 2.29. The van der Waals surface area contributed by atoms with E-state index in [0.717, 1.165) is 6.42 Å². The van der Waals surface area contributed by atoms with Gasteiger partial charge in [-0.2, -0.15) is 13.2 Å². The van der Waals surface area contributed by atoms with Crippen molar-refractivity contribution in [2.45, 2.75) is 50.4 Å². The van der Waals surface area contributed by atoms with E-state index in [1.54, 1.807) is 0 Å². The number of hydrogen-bond donors (Lipinski definition) is 1. The minimum absolute atomic E-state index is 0.0203. The first-order valence-corrected chi connectivity index (χ1v) is 7.37. The molecule has 0 aliphatic heterocycles. The van der Waals surface area contributed by atoms with Crippen molar-refractivity contribution >= 4 is 0 Å². The molecular formula is C16H22F3NO. The molecule has 0 amide bonds. The molecule has 1 aromatic carbocycles. The molecule has 3 atom stereocenters. The molecule has 5 heteroatoms. The van der Waals surface area contributed by atoms with Crippen LogP contribution in [-0.4, -0.2) is 25.9 Å². The van der Waals surface area contributed by atoms with Gasteiger partial charge in [0.25, 0.3) is 0 Å². The highest BCUT2D eigenvalue weighted by atomic mass is 19.4. The van der Waals surface area contributed by atoms with Crippen molar-refractivity contribution in [2.24, 2.45) is 0 Å². The zero-order valence-electron chi connectivity index (χ0n) is 12.4. The summed E-state index contributed by atoms with van der Waals surface area (Å²) in [6, 6.07) is 8.24. The first kappa shape index (κ1) is 16.3. The minimum atomic E-state index is -4.10. The van der Waals surface area contributed by atoms with Crippen LogP contribution in [-0.2, 0) is 4.74 Å². The second-order valence-corrected chi connectivity index (χ2v) is 5.66. The van der Waals surface area contributed by atoms with Crippen molar-refractivity contribution in [1.29, 1.82) is 0 Å². The average molecular weight is 301 g/mol. The summed E-state index contributed by atoms with van der Waals surface area (Å²) in [5.74, 6) is 0.360. The van der Waals surface area contributed by atoms with Gasteiger partial charge < -0.3 is 10.1 Å². The number of alkyl halides is 3. The average Bonchev–Trinajstić information content (AvgIpc) is 2.43.